The fourth-order valence-corrected chi connectivity index (χ4v) is 5.91. The van der Waals surface area contributed by atoms with Crippen LogP contribution in [0.3, 0.4) is 0 Å². The van der Waals surface area contributed by atoms with Crippen LogP contribution in [-0.4, -0.2) is 26.3 Å². The van der Waals surface area contributed by atoms with E-state index in [1.807, 2.05) is 0 Å². The molecular weight excluding hydrogens is 459 g/mol. The number of methoxy groups -OCH3 is 1. The number of aromatic nitrogens is 1. The summed E-state index contributed by atoms with van der Waals surface area (Å²) in [5, 5.41) is 0. The average Bonchev–Trinajstić information content (AvgIpc) is 3.10. The maximum Gasteiger partial charge on any atom is 0.265 e. The third-order valence-electron chi connectivity index (χ3n) is 6.58. The van der Waals surface area contributed by atoms with Crippen LogP contribution in [0.4, 0.5) is 10.1 Å². The summed E-state index contributed by atoms with van der Waals surface area (Å²) in [5.41, 5.74) is 1.82. The Morgan fingerprint density at radius 2 is 1.91 bits per heavy atom. The summed E-state index contributed by atoms with van der Waals surface area (Å²) >= 11 is 0. The van der Waals surface area contributed by atoms with Gasteiger partial charge in [0.2, 0.25) is 0 Å². The summed E-state index contributed by atoms with van der Waals surface area (Å²) in [6.07, 6.45) is 3.76. The van der Waals surface area contributed by atoms with Gasteiger partial charge in [-0.05, 0) is 48.7 Å². The van der Waals surface area contributed by atoms with Crippen molar-refractivity contribution in [3.63, 3.8) is 0 Å². The number of benzene rings is 2. The first-order valence-electron chi connectivity index (χ1n) is 10.9. The quantitative estimate of drug-likeness (QED) is 0.544. The van der Waals surface area contributed by atoms with Crippen molar-refractivity contribution in [1.82, 2.24) is 4.98 Å². The van der Waals surface area contributed by atoms with Gasteiger partial charge in [-0.3, -0.25) is 14.5 Å². The summed E-state index contributed by atoms with van der Waals surface area (Å²) in [5.74, 6) is 0.317. The van der Waals surface area contributed by atoms with Crippen LogP contribution in [-0.2, 0) is 33.3 Å². The number of fused-ring (bicyclic) bond motifs is 2. The predicted molar refractivity (Wildman–Crippen MR) is 123 cm³/mol. The van der Waals surface area contributed by atoms with Gasteiger partial charge in [0.25, 0.3) is 10.0 Å². The molecule has 2 aliphatic rings. The first-order valence-corrected chi connectivity index (χ1v) is 12.4. The number of ether oxygens (including phenoxy) is 2. The van der Waals surface area contributed by atoms with E-state index in [1.54, 1.807) is 30.3 Å². The van der Waals surface area contributed by atoms with Crippen molar-refractivity contribution in [2.45, 2.75) is 42.6 Å². The van der Waals surface area contributed by atoms with Gasteiger partial charge < -0.3 is 9.47 Å². The number of sulfonamides is 1. The maximum atomic E-state index is 13.2. The molecule has 1 spiro atoms. The lowest BCUT2D eigenvalue weighted by molar-refractivity contribution is -0.125. The van der Waals surface area contributed by atoms with Crippen LogP contribution < -0.4 is 14.2 Å². The molecule has 1 aromatic heterocycles. The van der Waals surface area contributed by atoms with Gasteiger partial charge in [-0.2, -0.15) is 0 Å². The molecule has 3 aromatic rings. The first kappa shape index (κ1) is 22.3. The van der Waals surface area contributed by atoms with Crippen molar-refractivity contribution in [2.75, 3.05) is 11.8 Å². The fraction of sp³-hybridized carbons (Fsp3) is 0.280. The molecule has 0 aliphatic heterocycles. The number of rotatable bonds is 7. The van der Waals surface area contributed by atoms with Crippen LogP contribution in [0.5, 0.6) is 11.5 Å². The summed E-state index contributed by atoms with van der Waals surface area (Å²) in [6, 6.07) is 12.5. The van der Waals surface area contributed by atoms with Gasteiger partial charge in [0.15, 0.2) is 0 Å². The molecule has 0 saturated heterocycles. The lowest BCUT2D eigenvalue weighted by Crippen LogP contribution is -2.39. The number of halogens is 1. The highest BCUT2D eigenvalue weighted by atomic mass is 32.2. The smallest absolute Gasteiger partial charge is 0.265 e. The SMILES string of the molecule is COc1ccccc1S(=O)(=O)Nc1cc(OCc2ccc(F)cn2)c2c(c1)C1(CCC1)C(=O)C2. The normalized spacial score (nSPS) is 16.1. The molecule has 1 heterocycles. The topological polar surface area (TPSA) is 94.6 Å². The summed E-state index contributed by atoms with van der Waals surface area (Å²) in [7, 11) is -2.56. The monoisotopic (exact) mass is 482 g/mol. The molecule has 2 aromatic carbocycles. The first-order chi connectivity index (χ1) is 16.3. The van der Waals surface area contributed by atoms with Crippen LogP contribution in [0.15, 0.2) is 59.6 Å². The Labute approximate surface area is 197 Å². The van der Waals surface area contributed by atoms with Gasteiger partial charge in [0.05, 0.1) is 30.1 Å². The molecule has 1 fully saturated rings. The molecule has 9 heteroatoms. The van der Waals surface area contributed by atoms with E-state index in [2.05, 4.69) is 9.71 Å². The van der Waals surface area contributed by atoms with E-state index in [1.165, 1.54) is 25.3 Å². The summed E-state index contributed by atoms with van der Waals surface area (Å²) < 4.78 is 53.4. The van der Waals surface area contributed by atoms with Crippen molar-refractivity contribution in [3.8, 4) is 11.5 Å². The number of hydrogen-bond donors (Lipinski definition) is 1. The molecule has 1 saturated carbocycles. The molecule has 0 bridgehead atoms. The van der Waals surface area contributed by atoms with E-state index < -0.39 is 21.3 Å². The van der Waals surface area contributed by atoms with Crippen LogP contribution in [0.2, 0.25) is 0 Å². The second-order valence-electron chi connectivity index (χ2n) is 8.55. The number of para-hydroxylation sites is 1. The second-order valence-corrected chi connectivity index (χ2v) is 10.2. The van der Waals surface area contributed by atoms with Crippen molar-refractivity contribution >= 4 is 21.5 Å². The van der Waals surface area contributed by atoms with E-state index in [4.69, 9.17) is 9.47 Å². The fourth-order valence-electron chi connectivity index (χ4n) is 4.70. The van der Waals surface area contributed by atoms with Crippen LogP contribution in [0, 0.1) is 5.82 Å². The minimum atomic E-state index is -3.97. The molecule has 1 N–H and O–H groups in total. The predicted octanol–water partition coefficient (Wildman–Crippen LogP) is 4.16. The minimum Gasteiger partial charge on any atom is -0.495 e. The Bertz CT molecular complexity index is 1370. The van der Waals surface area contributed by atoms with E-state index >= 15 is 0 Å². The third kappa shape index (κ3) is 3.79. The maximum absolute atomic E-state index is 13.2. The Balaban J connectivity index is 1.52. The van der Waals surface area contributed by atoms with Gasteiger partial charge >= 0.3 is 0 Å². The molecule has 0 radical (unpaired) electrons. The highest BCUT2D eigenvalue weighted by Gasteiger charge is 2.51. The van der Waals surface area contributed by atoms with E-state index in [9.17, 15) is 17.6 Å². The lowest BCUT2D eigenvalue weighted by atomic mass is 9.64. The summed E-state index contributed by atoms with van der Waals surface area (Å²) in [4.78, 5) is 16.9. The van der Waals surface area contributed by atoms with Crippen molar-refractivity contribution in [2.24, 2.45) is 0 Å². The Hall–Kier alpha value is -3.46. The van der Waals surface area contributed by atoms with E-state index in [0.717, 1.165) is 36.6 Å². The Morgan fingerprint density at radius 1 is 1.12 bits per heavy atom. The lowest BCUT2D eigenvalue weighted by Gasteiger charge is -2.37. The van der Waals surface area contributed by atoms with Gasteiger partial charge in [-0.15, -0.1) is 0 Å². The van der Waals surface area contributed by atoms with Gasteiger partial charge in [0.1, 0.15) is 34.6 Å². The number of Topliss-reactive ketones (excluding diaryl/α,β-unsaturated/α-hetero) is 1. The Kier molecular flexibility index (Phi) is 5.51. The van der Waals surface area contributed by atoms with Crippen molar-refractivity contribution < 1.29 is 27.1 Å². The number of anilines is 1. The number of carbonyl (C=O) groups excluding carboxylic acids is 1. The zero-order valence-electron chi connectivity index (χ0n) is 18.5. The number of hydrogen-bond acceptors (Lipinski definition) is 6. The molecule has 2 aliphatic carbocycles. The third-order valence-corrected chi connectivity index (χ3v) is 8.00. The van der Waals surface area contributed by atoms with Crippen LogP contribution in [0.25, 0.3) is 0 Å². The van der Waals surface area contributed by atoms with E-state index in [-0.39, 0.29) is 29.5 Å². The zero-order valence-corrected chi connectivity index (χ0v) is 19.3. The molecule has 0 atom stereocenters. The van der Waals surface area contributed by atoms with Gasteiger partial charge in [0, 0.05) is 18.1 Å². The van der Waals surface area contributed by atoms with Crippen molar-refractivity contribution in [1.29, 1.82) is 0 Å². The van der Waals surface area contributed by atoms with Crippen LogP contribution >= 0.6 is 0 Å². The summed E-state index contributed by atoms with van der Waals surface area (Å²) in [6.45, 7) is 0.0522. The molecular formula is C25H23FN2O5S. The largest absolute Gasteiger partial charge is 0.495 e. The minimum absolute atomic E-state index is 0.00501. The molecule has 7 nitrogen and oxygen atoms in total. The van der Waals surface area contributed by atoms with Crippen LogP contribution in [0.1, 0.15) is 36.1 Å². The highest BCUT2D eigenvalue weighted by Crippen LogP contribution is 2.53. The molecule has 34 heavy (non-hydrogen) atoms. The van der Waals surface area contributed by atoms with E-state index in [0.29, 0.717) is 17.1 Å². The molecule has 0 unspecified atom stereocenters. The number of pyridine rings is 1. The Morgan fingerprint density at radius 3 is 2.59 bits per heavy atom. The van der Waals surface area contributed by atoms with Gasteiger partial charge in [-0.1, -0.05) is 18.6 Å². The molecule has 176 valence electrons. The number of nitrogens with zero attached hydrogens (tertiary/aromatic N) is 1. The molecule has 5 rings (SSSR count). The highest BCUT2D eigenvalue weighted by molar-refractivity contribution is 7.92. The van der Waals surface area contributed by atoms with Gasteiger partial charge in [-0.25, -0.2) is 12.8 Å². The second kappa shape index (κ2) is 8.39. The van der Waals surface area contributed by atoms with Crippen molar-refractivity contribution in [3.05, 3.63) is 77.4 Å². The number of carbonyl (C=O) groups is 1. The average molecular weight is 483 g/mol. The standard InChI is InChI=1S/C25H23FN2O5S/c1-32-21-5-2-3-6-23(21)34(30,31)28-18-11-20-19(13-24(29)25(20)9-4-10-25)22(12-18)33-15-17-8-7-16(26)14-27-17/h2-3,5-8,11-12,14,28H,4,9-10,13,15H2,1H3. The zero-order chi connectivity index (χ0) is 23.9. The molecule has 0 amide bonds. The number of nitrogens with one attached hydrogen (secondary N) is 1. The number of ketones is 1.